The number of hydrogen-bond donors (Lipinski definition) is 1. The molecular weight excluding hydrogens is 422 g/mol. The number of rotatable bonds is 9. The molecule has 1 amide bonds. The highest BCUT2D eigenvalue weighted by atomic mass is 16.5. The summed E-state index contributed by atoms with van der Waals surface area (Å²) in [5.74, 6) is 0.584. The van der Waals surface area contributed by atoms with E-state index in [1.807, 2.05) is 18.7 Å². The van der Waals surface area contributed by atoms with Gasteiger partial charge in [-0.3, -0.25) is 19.5 Å². The first-order chi connectivity index (χ1) is 16.0. The molecule has 186 valence electrons. The zero-order chi connectivity index (χ0) is 23.2. The Balaban J connectivity index is 1.17. The van der Waals surface area contributed by atoms with Crippen molar-refractivity contribution in [1.82, 2.24) is 24.6 Å². The van der Waals surface area contributed by atoms with Crippen LogP contribution in [0.15, 0.2) is 10.7 Å². The van der Waals surface area contributed by atoms with E-state index in [9.17, 15) is 9.90 Å². The molecule has 0 unspecified atom stereocenters. The van der Waals surface area contributed by atoms with Crippen molar-refractivity contribution in [1.29, 1.82) is 0 Å². The van der Waals surface area contributed by atoms with Gasteiger partial charge < -0.3 is 19.2 Å². The molecule has 3 fully saturated rings. The van der Waals surface area contributed by atoms with Crippen molar-refractivity contribution in [3.63, 3.8) is 0 Å². The molecule has 1 saturated carbocycles. The number of carbonyl (C=O) groups excluding carboxylic acids is 1. The number of piperazine rings is 2. The summed E-state index contributed by atoms with van der Waals surface area (Å²) < 4.78 is 11.1. The lowest BCUT2D eigenvalue weighted by Gasteiger charge is -2.37. The number of aliphatic hydroxyl groups excluding tert-OH is 1. The van der Waals surface area contributed by atoms with Gasteiger partial charge in [0.2, 0.25) is 5.89 Å². The number of hydrogen-bond acceptors (Lipinski definition) is 8. The Kier molecular flexibility index (Phi) is 8.76. The summed E-state index contributed by atoms with van der Waals surface area (Å²) in [6.45, 7) is 12.6. The smallest absolute Gasteiger partial charge is 0.275 e. The summed E-state index contributed by atoms with van der Waals surface area (Å²) in [5.41, 5.74) is 0.422. The maximum atomic E-state index is 12.9. The van der Waals surface area contributed by atoms with Crippen molar-refractivity contribution in [3.05, 3.63) is 17.8 Å². The first-order valence-electron chi connectivity index (χ1n) is 12.7. The molecule has 1 aromatic rings. The van der Waals surface area contributed by atoms with Crippen LogP contribution in [0.5, 0.6) is 0 Å². The molecule has 2 saturated heterocycles. The molecule has 1 aliphatic carbocycles. The van der Waals surface area contributed by atoms with Crippen LogP contribution in [0, 0.1) is 0 Å². The van der Waals surface area contributed by atoms with E-state index in [1.54, 1.807) is 0 Å². The minimum Gasteiger partial charge on any atom is -0.447 e. The van der Waals surface area contributed by atoms with Crippen LogP contribution >= 0.6 is 0 Å². The zero-order valence-electron chi connectivity index (χ0n) is 20.3. The van der Waals surface area contributed by atoms with E-state index in [0.717, 1.165) is 58.4 Å². The van der Waals surface area contributed by atoms with Gasteiger partial charge in [-0.1, -0.05) is 12.8 Å². The molecule has 1 aromatic heterocycles. The van der Waals surface area contributed by atoms with Crippen LogP contribution in [0.3, 0.4) is 0 Å². The van der Waals surface area contributed by atoms with Gasteiger partial charge in [0, 0.05) is 64.9 Å². The van der Waals surface area contributed by atoms with Gasteiger partial charge in [-0.15, -0.1) is 0 Å². The van der Waals surface area contributed by atoms with Crippen molar-refractivity contribution >= 4 is 5.91 Å². The Morgan fingerprint density at radius 3 is 2.42 bits per heavy atom. The highest BCUT2D eigenvalue weighted by Gasteiger charge is 2.29. The number of nitrogens with zero attached hydrogens (tertiary/aromatic N) is 5. The predicted octanol–water partition coefficient (Wildman–Crippen LogP) is 1.28. The minimum absolute atomic E-state index is 0.0153. The van der Waals surface area contributed by atoms with Gasteiger partial charge in [0.25, 0.3) is 5.91 Å². The van der Waals surface area contributed by atoms with Crippen LogP contribution < -0.4 is 0 Å². The van der Waals surface area contributed by atoms with E-state index in [2.05, 4.69) is 19.7 Å². The Morgan fingerprint density at radius 2 is 1.76 bits per heavy atom. The highest BCUT2D eigenvalue weighted by molar-refractivity contribution is 5.92. The minimum atomic E-state index is -0.459. The standard InChI is InChI=1S/C24H41N5O4/c1-19(2)32-17-21(30)15-26-7-9-27(10-8-26)16-23-25-22(18-33-23)24(31)29-13-11-28(12-14-29)20-5-3-4-6-20/h18-21,30H,3-17H2,1-2H3/t21-/m1/s1. The highest BCUT2D eigenvalue weighted by Crippen LogP contribution is 2.24. The van der Waals surface area contributed by atoms with Gasteiger partial charge in [-0.05, 0) is 26.7 Å². The second-order valence-corrected chi connectivity index (χ2v) is 10.0. The first kappa shape index (κ1) is 24.6. The number of ether oxygens (including phenoxy) is 1. The summed E-state index contributed by atoms with van der Waals surface area (Å²) in [7, 11) is 0. The van der Waals surface area contributed by atoms with E-state index in [-0.39, 0.29) is 12.0 Å². The second kappa shape index (κ2) is 11.8. The van der Waals surface area contributed by atoms with Crippen LogP contribution in [-0.2, 0) is 11.3 Å². The van der Waals surface area contributed by atoms with Crippen LogP contribution in [-0.4, -0.2) is 119 Å². The average molecular weight is 464 g/mol. The van der Waals surface area contributed by atoms with E-state index in [4.69, 9.17) is 9.15 Å². The van der Waals surface area contributed by atoms with Crippen LogP contribution in [0.25, 0.3) is 0 Å². The topological polar surface area (TPSA) is 85.5 Å². The summed E-state index contributed by atoms with van der Waals surface area (Å²) in [5, 5.41) is 10.1. The van der Waals surface area contributed by atoms with Gasteiger partial charge in [-0.25, -0.2) is 4.98 Å². The van der Waals surface area contributed by atoms with Crippen molar-refractivity contribution in [3.8, 4) is 0 Å². The van der Waals surface area contributed by atoms with Crippen molar-refractivity contribution in [2.75, 3.05) is 65.5 Å². The molecular formula is C24H41N5O4. The fourth-order valence-electron chi connectivity index (χ4n) is 5.18. The van der Waals surface area contributed by atoms with Crippen LogP contribution in [0.4, 0.5) is 0 Å². The average Bonchev–Trinajstić information content (AvgIpc) is 3.51. The molecule has 0 bridgehead atoms. The van der Waals surface area contributed by atoms with Crippen molar-refractivity contribution < 1.29 is 19.1 Å². The normalized spacial score (nSPS) is 23.0. The molecule has 2 aliphatic heterocycles. The Labute approximate surface area is 197 Å². The second-order valence-electron chi connectivity index (χ2n) is 10.0. The van der Waals surface area contributed by atoms with Gasteiger partial charge in [0.15, 0.2) is 5.69 Å². The number of aliphatic hydroxyl groups is 1. The maximum absolute atomic E-state index is 12.9. The largest absolute Gasteiger partial charge is 0.447 e. The number of β-amino-alcohol motifs (C(OH)–C–C–N with tert-alkyl or cyclic N) is 1. The third-order valence-corrected chi connectivity index (χ3v) is 7.13. The summed E-state index contributed by atoms with van der Waals surface area (Å²) in [6.07, 6.45) is 6.49. The van der Waals surface area contributed by atoms with E-state index >= 15 is 0 Å². The molecule has 0 spiro atoms. The van der Waals surface area contributed by atoms with Gasteiger partial charge in [0.1, 0.15) is 6.26 Å². The molecule has 0 aromatic carbocycles. The molecule has 9 heteroatoms. The lowest BCUT2D eigenvalue weighted by Crippen LogP contribution is -2.51. The van der Waals surface area contributed by atoms with E-state index in [0.29, 0.717) is 31.3 Å². The molecule has 3 heterocycles. The molecule has 3 aliphatic rings. The Hall–Kier alpha value is -1.52. The maximum Gasteiger partial charge on any atom is 0.275 e. The predicted molar refractivity (Wildman–Crippen MR) is 125 cm³/mol. The summed E-state index contributed by atoms with van der Waals surface area (Å²) >= 11 is 0. The van der Waals surface area contributed by atoms with Crippen molar-refractivity contribution in [2.24, 2.45) is 0 Å². The Bertz CT molecular complexity index is 735. The van der Waals surface area contributed by atoms with Crippen LogP contribution in [0.2, 0.25) is 0 Å². The molecule has 0 radical (unpaired) electrons. The monoisotopic (exact) mass is 463 g/mol. The van der Waals surface area contributed by atoms with Gasteiger partial charge in [0.05, 0.1) is 25.4 Å². The van der Waals surface area contributed by atoms with E-state index < -0.39 is 6.10 Å². The molecule has 1 atom stereocenters. The SMILES string of the molecule is CC(C)OC[C@H](O)CN1CCN(Cc2nc(C(=O)N3CCN(C4CCCC4)CC3)co2)CC1. The van der Waals surface area contributed by atoms with Crippen molar-refractivity contribution in [2.45, 2.75) is 64.3 Å². The fourth-order valence-corrected chi connectivity index (χ4v) is 5.18. The quantitative estimate of drug-likeness (QED) is 0.586. The molecule has 4 rings (SSSR count). The Morgan fingerprint density at radius 1 is 1.09 bits per heavy atom. The third-order valence-electron chi connectivity index (χ3n) is 7.13. The zero-order valence-corrected chi connectivity index (χ0v) is 20.3. The molecule has 33 heavy (non-hydrogen) atoms. The summed E-state index contributed by atoms with van der Waals surface area (Å²) in [4.78, 5) is 26.4. The number of amides is 1. The summed E-state index contributed by atoms with van der Waals surface area (Å²) in [6, 6.07) is 0.720. The van der Waals surface area contributed by atoms with Gasteiger partial charge >= 0.3 is 0 Å². The fraction of sp³-hybridized carbons (Fsp3) is 0.833. The number of aromatic nitrogens is 1. The lowest BCUT2D eigenvalue weighted by atomic mass is 10.2. The van der Waals surface area contributed by atoms with Gasteiger partial charge in [-0.2, -0.15) is 0 Å². The van der Waals surface area contributed by atoms with Crippen LogP contribution in [0.1, 0.15) is 55.9 Å². The lowest BCUT2D eigenvalue weighted by molar-refractivity contribution is -0.0151. The number of oxazole rings is 1. The number of carbonyl (C=O) groups is 1. The molecule has 1 N–H and O–H groups in total. The molecule has 9 nitrogen and oxygen atoms in total. The van der Waals surface area contributed by atoms with E-state index in [1.165, 1.54) is 31.9 Å². The first-order valence-corrected chi connectivity index (χ1v) is 12.7. The third kappa shape index (κ3) is 6.99.